The molecule has 4 heteroatoms. The van der Waals surface area contributed by atoms with E-state index in [0.717, 1.165) is 19.7 Å². The number of nitrogens with zero attached hydrogens (tertiary/aromatic N) is 1. The maximum Gasteiger partial charge on any atom is 0.320 e. The molecule has 1 N–H and O–H groups in total. The Morgan fingerprint density at radius 3 is 2.71 bits per heavy atom. The molecular weight excluding hydrogens is 218 g/mol. The van der Waals surface area contributed by atoms with E-state index in [9.17, 15) is 9.90 Å². The van der Waals surface area contributed by atoms with Gasteiger partial charge in [0.1, 0.15) is 6.04 Å². The van der Waals surface area contributed by atoms with Crippen LogP contribution in [0.3, 0.4) is 0 Å². The fourth-order valence-electron chi connectivity index (χ4n) is 3.53. The van der Waals surface area contributed by atoms with Gasteiger partial charge >= 0.3 is 5.97 Å². The van der Waals surface area contributed by atoms with Crippen LogP contribution in [0.15, 0.2) is 0 Å². The number of aliphatic carboxylic acids is 1. The van der Waals surface area contributed by atoms with E-state index in [2.05, 4.69) is 4.90 Å². The lowest BCUT2D eigenvalue weighted by molar-refractivity contribution is -0.143. The smallest absolute Gasteiger partial charge is 0.320 e. The molecule has 1 aliphatic carbocycles. The molecule has 1 heterocycles. The van der Waals surface area contributed by atoms with E-state index in [1.54, 1.807) is 7.11 Å². The van der Waals surface area contributed by atoms with Gasteiger partial charge in [0.05, 0.1) is 6.61 Å². The number of likely N-dealkylation sites (tertiary alicyclic amines) is 1. The largest absolute Gasteiger partial charge is 0.480 e. The molecular formula is C13H23NO3. The predicted octanol–water partition coefficient (Wildman–Crippen LogP) is 1.60. The summed E-state index contributed by atoms with van der Waals surface area (Å²) in [6, 6.07) is -0.311. The van der Waals surface area contributed by atoms with Gasteiger partial charge in [0, 0.05) is 26.1 Å². The number of methoxy groups -OCH3 is 1. The van der Waals surface area contributed by atoms with Crippen molar-refractivity contribution in [2.45, 2.75) is 38.6 Å². The second-order valence-electron chi connectivity index (χ2n) is 5.56. The minimum atomic E-state index is -0.681. The number of carbonyl (C=O) groups is 1. The van der Waals surface area contributed by atoms with E-state index in [1.807, 2.05) is 6.92 Å². The number of rotatable bonds is 5. The van der Waals surface area contributed by atoms with Crippen LogP contribution in [0.2, 0.25) is 0 Å². The highest BCUT2D eigenvalue weighted by atomic mass is 16.5. The standard InChI is InChI=1S/C13H23NO3/c1-3-11(12(15)16)14-7-10(8-17-2)13(9-14)5-4-6-13/h10-11H,3-9H2,1-2H3,(H,15,16). The summed E-state index contributed by atoms with van der Waals surface area (Å²) in [6.07, 6.45) is 4.46. The van der Waals surface area contributed by atoms with Gasteiger partial charge in [-0.05, 0) is 24.7 Å². The molecule has 1 saturated heterocycles. The van der Waals surface area contributed by atoms with Gasteiger partial charge in [-0.1, -0.05) is 13.3 Å². The summed E-state index contributed by atoms with van der Waals surface area (Å²) in [5.74, 6) is -0.158. The third kappa shape index (κ3) is 2.20. The van der Waals surface area contributed by atoms with E-state index in [0.29, 0.717) is 17.8 Å². The lowest BCUT2D eigenvalue weighted by Gasteiger charge is -2.43. The average molecular weight is 241 g/mol. The molecule has 2 rings (SSSR count). The predicted molar refractivity (Wildman–Crippen MR) is 64.9 cm³/mol. The van der Waals surface area contributed by atoms with Crippen molar-refractivity contribution < 1.29 is 14.6 Å². The van der Waals surface area contributed by atoms with E-state index < -0.39 is 5.97 Å². The minimum absolute atomic E-state index is 0.311. The quantitative estimate of drug-likeness (QED) is 0.794. The van der Waals surface area contributed by atoms with Crippen LogP contribution in [0.5, 0.6) is 0 Å². The van der Waals surface area contributed by atoms with Crippen molar-refractivity contribution >= 4 is 5.97 Å². The van der Waals surface area contributed by atoms with E-state index in [4.69, 9.17) is 4.74 Å². The van der Waals surface area contributed by atoms with Crippen molar-refractivity contribution in [1.29, 1.82) is 0 Å². The maximum absolute atomic E-state index is 11.2. The average Bonchev–Trinajstić information content (AvgIpc) is 2.58. The lowest BCUT2D eigenvalue weighted by atomic mass is 9.63. The van der Waals surface area contributed by atoms with Gasteiger partial charge in [-0.2, -0.15) is 0 Å². The van der Waals surface area contributed by atoms with Crippen molar-refractivity contribution in [3.8, 4) is 0 Å². The highest BCUT2D eigenvalue weighted by Gasteiger charge is 2.51. The first kappa shape index (κ1) is 12.8. The van der Waals surface area contributed by atoms with Gasteiger partial charge < -0.3 is 9.84 Å². The Hall–Kier alpha value is -0.610. The summed E-state index contributed by atoms with van der Waals surface area (Å²) in [6.45, 7) is 4.56. The molecule has 0 aromatic rings. The zero-order valence-electron chi connectivity index (χ0n) is 10.8. The van der Waals surface area contributed by atoms with Gasteiger partial charge in [-0.3, -0.25) is 9.69 Å². The molecule has 0 aromatic heterocycles. The molecule has 1 saturated carbocycles. The van der Waals surface area contributed by atoms with Crippen LogP contribution in [-0.2, 0) is 9.53 Å². The minimum Gasteiger partial charge on any atom is -0.480 e. The molecule has 0 amide bonds. The Morgan fingerprint density at radius 2 is 2.29 bits per heavy atom. The molecule has 4 nitrogen and oxygen atoms in total. The number of hydrogen-bond donors (Lipinski definition) is 1. The monoisotopic (exact) mass is 241 g/mol. The van der Waals surface area contributed by atoms with E-state index >= 15 is 0 Å². The molecule has 0 aromatic carbocycles. The van der Waals surface area contributed by atoms with Crippen molar-refractivity contribution in [2.75, 3.05) is 26.8 Å². The van der Waals surface area contributed by atoms with Crippen molar-refractivity contribution in [3.63, 3.8) is 0 Å². The Labute approximate surface area is 103 Å². The van der Waals surface area contributed by atoms with E-state index in [1.165, 1.54) is 19.3 Å². The van der Waals surface area contributed by atoms with Crippen LogP contribution >= 0.6 is 0 Å². The summed E-state index contributed by atoms with van der Waals surface area (Å²) >= 11 is 0. The molecule has 1 spiro atoms. The van der Waals surface area contributed by atoms with Gasteiger partial charge in [0.2, 0.25) is 0 Å². The Balaban J connectivity index is 2.05. The fourth-order valence-corrected chi connectivity index (χ4v) is 3.53. The van der Waals surface area contributed by atoms with Crippen LogP contribution in [0.1, 0.15) is 32.6 Å². The SMILES string of the molecule is CCC(C(=O)O)N1CC(COC)C2(CCC2)C1. The molecule has 0 radical (unpaired) electrons. The van der Waals surface area contributed by atoms with Crippen molar-refractivity contribution in [3.05, 3.63) is 0 Å². The fraction of sp³-hybridized carbons (Fsp3) is 0.923. The number of ether oxygens (including phenoxy) is 1. The molecule has 2 atom stereocenters. The molecule has 2 unspecified atom stereocenters. The highest BCUT2D eigenvalue weighted by Crippen LogP contribution is 2.52. The van der Waals surface area contributed by atoms with Gasteiger partial charge in [-0.15, -0.1) is 0 Å². The summed E-state index contributed by atoms with van der Waals surface area (Å²) in [5, 5.41) is 9.24. The van der Waals surface area contributed by atoms with Crippen LogP contribution in [0, 0.1) is 11.3 Å². The van der Waals surface area contributed by atoms with Crippen LogP contribution in [0.25, 0.3) is 0 Å². The van der Waals surface area contributed by atoms with Crippen LogP contribution in [0.4, 0.5) is 0 Å². The molecule has 0 bridgehead atoms. The maximum atomic E-state index is 11.2. The molecule has 1 aliphatic heterocycles. The summed E-state index contributed by atoms with van der Waals surface area (Å²) < 4.78 is 5.31. The molecule has 2 fully saturated rings. The zero-order chi connectivity index (χ0) is 12.5. The first-order valence-electron chi connectivity index (χ1n) is 6.59. The molecule has 98 valence electrons. The third-order valence-electron chi connectivity index (χ3n) is 4.67. The second-order valence-corrected chi connectivity index (χ2v) is 5.56. The normalized spacial score (nSPS) is 29.2. The first-order chi connectivity index (χ1) is 8.13. The van der Waals surface area contributed by atoms with Crippen LogP contribution in [-0.4, -0.2) is 48.8 Å². The molecule has 2 aliphatic rings. The van der Waals surface area contributed by atoms with Crippen molar-refractivity contribution in [2.24, 2.45) is 11.3 Å². The topological polar surface area (TPSA) is 49.8 Å². The van der Waals surface area contributed by atoms with Gasteiger partial charge in [-0.25, -0.2) is 0 Å². The summed E-state index contributed by atoms with van der Waals surface area (Å²) in [7, 11) is 1.74. The lowest BCUT2D eigenvalue weighted by Crippen LogP contribution is -2.42. The third-order valence-corrected chi connectivity index (χ3v) is 4.67. The highest BCUT2D eigenvalue weighted by molar-refractivity contribution is 5.73. The van der Waals surface area contributed by atoms with Crippen molar-refractivity contribution in [1.82, 2.24) is 4.90 Å². The number of hydrogen-bond acceptors (Lipinski definition) is 3. The number of carboxylic acids is 1. The van der Waals surface area contributed by atoms with Gasteiger partial charge in [0.15, 0.2) is 0 Å². The Morgan fingerprint density at radius 1 is 1.59 bits per heavy atom. The van der Waals surface area contributed by atoms with Gasteiger partial charge in [0.25, 0.3) is 0 Å². The Kier molecular flexibility index (Phi) is 3.73. The first-order valence-corrected chi connectivity index (χ1v) is 6.59. The van der Waals surface area contributed by atoms with E-state index in [-0.39, 0.29) is 6.04 Å². The van der Waals surface area contributed by atoms with Crippen LogP contribution < -0.4 is 0 Å². The molecule has 17 heavy (non-hydrogen) atoms. The second kappa shape index (κ2) is 4.94. The summed E-state index contributed by atoms with van der Waals surface area (Å²) in [4.78, 5) is 13.4. The summed E-state index contributed by atoms with van der Waals surface area (Å²) in [5.41, 5.74) is 0.360. The number of carboxylic acid groups (broad SMARTS) is 1. The Bertz CT molecular complexity index is 288. The zero-order valence-corrected chi connectivity index (χ0v) is 10.8.